The molecule has 1 fully saturated rings. The molecule has 4 heteroatoms. The number of rotatable bonds is 6. The molecule has 1 saturated heterocycles. The van der Waals surface area contributed by atoms with Crippen molar-refractivity contribution in [3.05, 3.63) is 0 Å². The average Bonchev–Trinajstić information content (AvgIpc) is 2.29. The van der Waals surface area contributed by atoms with Crippen molar-refractivity contribution in [3.8, 4) is 0 Å². The van der Waals surface area contributed by atoms with Crippen molar-refractivity contribution in [2.24, 2.45) is 11.7 Å². The highest BCUT2D eigenvalue weighted by atomic mass is 16.2. The lowest BCUT2D eigenvalue weighted by Gasteiger charge is -2.29. The van der Waals surface area contributed by atoms with Gasteiger partial charge in [-0.1, -0.05) is 20.3 Å². The summed E-state index contributed by atoms with van der Waals surface area (Å²) < 4.78 is 0. The summed E-state index contributed by atoms with van der Waals surface area (Å²) in [6.45, 7) is 9.51. The SMILES string of the molecule is CC(C)C[C@@H](N)C(=O)NC(C)CN1CCCCC1. The van der Waals surface area contributed by atoms with Gasteiger partial charge in [0.25, 0.3) is 0 Å². The van der Waals surface area contributed by atoms with Crippen LogP contribution in [0.4, 0.5) is 0 Å². The third-order valence-corrected chi connectivity index (χ3v) is 3.43. The molecule has 1 amide bonds. The van der Waals surface area contributed by atoms with Gasteiger partial charge in [0.1, 0.15) is 0 Å². The van der Waals surface area contributed by atoms with Crippen LogP contribution in [-0.4, -0.2) is 42.5 Å². The van der Waals surface area contributed by atoms with Crippen LogP contribution >= 0.6 is 0 Å². The molecule has 0 aromatic carbocycles. The molecule has 4 nitrogen and oxygen atoms in total. The minimum atomic E-state index is -0.367. The maximum atomic E-state index is 11.9. The van der Waals surface area contributed by atoms with Crippen molar-refractivity contribution in [1.82, 2.24) is 10.2 Å². The van der Waals surface area contributed by atoms with E-state index in [1.165, 1.54) is 19.3 Å². The Bertz CT molecular complexity index is 249. The average molecular weight is 255 g/mol. The summed E-state index contributed by atoms with van der Waals surface area (Å²) in [5, 5.41) is 3.03. The molecule has 1 rings (SSSR count). The van der Waals surface area contributed by atoms with Crippen molar-refractivity contribution in [2.45, 2.75) is 58.5 Å². The number of carbonyl (C=O) groups excluding carboxylic acids is 1. The van der Waals surface area contributed by atoms with Gasteiger partial charge in [0, 0.05) is 12.6 Å². The Hall–Kier alpha value is -0.610. The zero-order chi connectivity index (χ0) is 13.5. The molecular weight excluding hydrogens is 226 g/mol. The zero-order valence-electron chi connectivity index (χ0n) is 12.1. The van der Waals surface area contributed by atoms with Gasteiger partial charge in [0.05, 0.1) is 6.04 Å². The van der Waals surface area contributed by atoms with Gasteiger partial charge in [-0.25, -0.2) is 0 Å². The Morgan fingerprint density at radius 3 is 2.39 bits per heavy atom. The maximum Gasteiger partial charge on any atom is 0.237 e. The molecular formula is C14H29N3O. The Labute approximate surface area is 111 Å². The van der Waals surface area contributed by atoms with Crippen molar-refractivity contribution in [1.29, 1.82) is 0 Å². The molecule has 18 heavy (non-hydrogen) atoms. The number of nitrogens with one attached hydrogen (secondary N) is 1. The smallest absolute Gasteiger partial charge is 0.237 e. The molecule has 0 saturated carbocycles. The quantitative estimate of drug-likeness (QED) is 0.753. The number of piperidine rings is 1. The predicted octanol–water partition coefficient (Wildman–Crippen LogP) is 1.35. The van der Waals surface area contributed by atoms with Gasteiger partial charge in [0.2, 0.25) is 5.91 Å². The number of carbonyl (C=O) groups is 1. The third kappa shape index (κ3) is 5.83. The van der Waals surface area contributed by atoms with E-state index in [1.807, 2.05) is 0 Å². The highest BCUT2D eigenvalue weighted by Crippen LogP contribution is 2.09. The lowest BCUT2D eigenvalue weighted by Crippen LogP contribution is -2.49. The fraction of sp³-hybridized carbons (Fsp3) is 0.929. The molecule has 0 aromatic rings. The third-order valence-electron chi connectivity index (χ3n) is 3.43. The molecule has 0 bridgehead atoms. The van der Waals surface area contributed by atoms with Gasteiger partial charge < -0.3 is 16.0 Å². The molecule has 2 atom stereocenters. The first-order valence-electron chi connectivity index (χ1n) is 7.27. The summed E-state index contributed by atoms with van der Waals surface area (Å²) >= 11 is 0. The first kappa shape index (κ1) is 15.4. The van der Waals surface area contributed by atoms with Gasteiger partial charge in [0.15, 0.2) is 0 Å². The normalized spacial score (nSPS) is 20.7. The summed E-state index contributed by atoms with van der Waals surface area (Å²) in [7, 11) is 0. The van der Waals surface area contributed by atoms with E-state index in [0.717, 1.165) is 26.1 Å². The van der Waals surface area contributed by atoms with E-state index in [0.29, 0.717) is 5.92 Å². The van der Waals surface area contributed by atoms with Crippen molar-refractivity contribution in [3.63, 3.8) is 0 Å². The molecule has 3 N–H and O–H groups in total. The number of likely N-dealkylation sites (tertiary alicyclic amines) is 1. The summed E-state index contributed by atoms with van der Waals surface area (Å²) in [5.41, 5.74) is 5.87. The second-order valence-corrected chi connectivity index (χ2v) is 6.01. The molecule has 0 radical (unpaired) electrons. The molecule has 1 unspecified atom stereocenters. The van der Waals surface area contributed by atoms with Crippen LogP contribution in [0.25, 0.3) is 0 Å². The van der Waals surface area contributed by atoms with Crippen LogP contribution in [0.5, 0.6) is 0 Å². The monoisotopic (exact) mass is 255 g/mol. The standard InChI is InChI=1S/C14H29N3O/c1-11(2)9-13(15)14(18)16-12(3)10-17-7-5-4-6-8-17/h11-13H,4-10,15H2,1-3H3,(H,16,18)/t12?,13-/m1/s1. The van der Waals surface area contributed by atoms with E-state index in [-0.39, 0.29) is 18.0 Å². The lowest BCUT2D eigenvalue weighted by molar-refractivity contribution is -0.123. The van der Waals surface area contributed by atoms with Gasteiger partial charge in [-0.2, -0.15) is 0 Å². The van der Waals surface area contributed by atoms with E-state index in [4.69, 9.17) is 5.73 Å². The second kappa shape index (κ2) is 7.74. The van der Waals surface area contributed by atoms with Gasteiger partial charge in [-0.3, -0.25) is 4.79 Å². The van der Waals surface area contributed by atoms with Crippen LogP contribution in [0.2, 0.25) is 0 Å². The molecule has 106 valence electrons. The van der Waals surface area contributed by atoms with Gasteiger partial charge >= 0.3 is 0 Å². The molecule has 1 heterocycles. The minimum Gasteiger partial charge on any atom is -0.351 e. The van der Waals surface area contributed by atoms with E-state index in [9.17, 15) is 4.79 Å². The van der Waals surface area contributed by atoms with Crippen LogP contribution in [0.3, 0.4) is 0 Å². The molecule has 0 aromatic heterocycles. The molecule has 0 spiro atoms. The molecule has 0 aliphatic carbocycles. The van der Waals surface area contributed by atoms with Crippen LogP contribution in [0.15, 0.2) is 0 Å². The molecule has 1 aliphatic rings. The number of hydrogen-bond donors (Lipinski definition) is 2. The predicted molar refractivity (Wildman–Crippen MR) is 75.3 cm³/mol. The summed E-state index contributed by atoms with van der Waals surface area (Å²) in [6.07, 6.45) is 4.67. The Balaban J connectivity index is 2.25. The van der Waals surface area contributed by atoms with Gasteiger partial charge in [-0.05, 0) is 45.2 Å². The number of amides is 1. The van der Waals surface area contributed by atoms with E-state index < -0.39 is 0 Å². The number of hydrogen-bond acceptors (Lipinski definition) is 3. The lowest BCUT2D eigenvalue weighted by atomic mass is 10.0. The minimum absolute atomic E-state index is 0.00629. The van der Waals surface area contributed by atoms with Crippen molar-refractivity contribution < 1.29 is 4.79 Å². The van der Waals surface area contributed by atoms with E-state index >= 15 is 0 Å². The number of nitrogens with zero attached hydrogens (tertiary/aromatic N) is 1. The number of nitrogens with two attached hydrogens (primary N) is 1. The van der Waals surface area contributed by atoms with E-state index in [1.54, 1.807) is 0 Å². The fourth-order valence-corrected chi connectivity index (χ4v) is 2.54. The Morgan fingerprint density at radius 2 is 1.83 bits per heavy atom. The van der Waals surface area contributed by atoms with Crippen LogP contribution in [0.1, 0.15) is 46.5 Å². The molecule has 1 aliphatic heterocycles. The van der Waals surface area contributed by atoms with Gasteiger partial charge in [-0.15, -0.1) is 0 Å². The summed E-state index contributed by atoms with van der Waals surface area (Å²) in [6, 6.07) is -0.178. The highest BCUT2D eigenvalue weighted by Gasteiger charge is 2.19. The fourth-order valence-electron chi connectivity index (χ4n) is 2.54. The highest BCUT2D eigenvalue weighted by molar-refractivity contribution is 5.81. The van der Waals surface area contributed by atoms with Crippen molar-refractivity contribution >= 4 is 5.91 Å². The first-order valence-corrected chi connectivity index (χ1v) is 7.27. The largest absolute Gasteiger partial charge is 0.351 e. The topological polar surface area (TPSA) is 58.4 Å². The first-order chi connectivity index (χ1) is 8.49. The zero-order valence-corrected chi connectivity index (χ0v) is 12.1. The maximum absolute atomic E-state index is 11.9. The second-order valence-electron chi connectivity index (χ2n) is 6.01. The van der Waals surface area contributed by atoms with Crippen LogP contribution in [0, 0.1) is 5.92 Å². The Kier molecular flexibility index (Phi) is 6.65. The summed E-state index contributed by atoms with van der Waals surface area (Å²) in [4.78, 5) is 14.3. The van der Waals surface area contributed by atoms with Crippen LogP contribution in [-0.2, 0) is 4.79 Å². The van der Waals surface area contributed by atoms with Crippen LogP contribution < -0.4 is 11.1 Å². The van der Waals surface area contributed by atoms with E-state index in [2.05, 4.69) is 31.0 Å². The van der Waals surface area contributed by atoms with Crippen molar-refractivity contribution in [2.75, 3.05) is 19.6 Å². The summed E-state index contributed by atoms with van der Waals surface area (Å²) in [5.74, 6) is 0.455. The Morgan fingerprint density at radius 1 is 1.22 bits per heavy atom.